The lowest BCUT2D eigenvalue weighted by Gasteiger charge is -2.13. The van der Waals surface area contributed by atoms with E-state index in [0.29, 0.717) is 18.1 Å². The summed E-state index contributed by atoms with van der Waals surface area (Å²) in [6, 6.07) is 1.79. The Kier molecular flexibility index (Phi) is 3.47. The summed E-state index contributed by atoms with van der Waals surface area (Å²) < 4.78 is 27.4. The van der Waals surface area contributed by atoms with Gasteiger partial charge in [-0.2, -0.15) is 10.2 Å². The van der Waals surface area contributed by atoms with Gasteiger partial charge >= 0.3 is 0 Å². The quantitative estimate of drug-likeness (QED) is 0.687. The fourth-order valence-corrected chi connectivity index (χ4v) is 5.27. The lowest BCUT2D eigenvalue weighted by Crippen LogP contribution is -2.14. The van der Waals surface area contributed by atoms with Crippen LogP contribution in [0, 0.1) is 20.8 Å². The van der Waals surface area contributed by atoms with Crippen molar-refractivity contribution in [2.24, 2.45) is 7.05 Å². The lowest BCUT2D eigenvalue weighted by molar-refractivity contribution is 0.502. The molecule has 8 nitrogen and oxygen atoms in total. The fraction of sp³-hybridized carbons (Fsp3) is 0.500. The van der Waals surface area contributed by atoms with Gasteiger partial charge in [0.15, 0.2) is 21.3 Å². The van der Waals surface area contributed by atoms with Crippen molar-refractivity contribution in [2.45, 2.75) is 33.2 Å². The Bertz CT molecular complexity index is 1100. The van der Waals surface area contributed by atoms with Crippen molar-refractivity contribution in [3.63, 3.8) is 0 Å². The van der Waals surface area contributed by atoms with E-state index in [0.717, 1.165) is 28.0 Å². The Balaban J connectivity index is 1.96. The van der Waals surface area contributed by atoms with Gasteiger partial charge in [0, 0.05) is 18.3 Å². The molecule has 25 heavy (non-hydrogen) atoms. The number of rotatable bonds is 2. The van der Waals surface area contributed by atoms with Crippen LogP contribution in [-0.4, -0.2) is 49.5 Å². The van der Waals surface area contributed by atoms with E-state index in [4.69, 9.17) is 0 Å². The minimum atomic E-state index is -3.01. The van der Waals surface area contributed by atoms with Crippen LogP contribution in [0.3, 0.4) is 0 Å². The highest BCUT2D eigenvalue weighted by molar-refractivity contribution is 7.91. The van der Waals surface area contributed by atoms with Crippen LogP contribution in [0.4, 0.5) is 0 Å². The smallest absolute Gasteiger partial charge is 0.159 e. The lowest BCUT2D eigenvalue weighted by atomic mass is 10.1. The summed E-state index contributed by atoms with van der Waals surface area (Å²) in [4.78, 5) is 9.19. The number of aryl methyl sites for hydroxylation is 4. The third-order valence-electron chi connectivity index (χ3n) is 4.63. The zero-order valence-electron chi connectivity index (χ0n) is 14.7. The minimum Gasteiger partial charge on any atom is -0.250 e. The van der Waals surface area contributed by atoms with Gasteiger partial charge in [-0.3, -0.25) is 4.68 Å². The van der Waals surface area contributed by atoms with Crippen LogP contribution >= 0.6 is 0 Å². The summed E-state index contributed by atoms with van der Waals surface area (Å²) in [7, 11) is -1.14. The molecule has 1 atom stereocenters. The van der Waals surface area contributed by atoms with E-state index in [-0.39, 0.29) is 17.5 Å². The van der Waals surface area contributed by atoms with Crippen LogP contribution in [0.15, 0.2) is 6.07 Å². The zero-order valence-corrected chi connectivity index (χ0v) is 15.5. The van der Waals surface area contributed by atoms with Crippen LogP contribution in [0.25, 0.3) is 22.4 Å². The van der Waals surface area contributed by atoms with Gasteiger partial charge in [0.2, 0.25) is 0 Å². The van der Waals surface area contributed by atoms with Crippen LogP contribution in [0.2, 0.25) is 0 Å². The topological polar surface area (TPSA) is 95.6 Å². The first kappa shape index (κ1) is 16.2. The first-order chi connectivity index (χ1) is 11.7. The standard InChI is InChI=1S/C16H20N6O2S/c1-9-7-13(14-10(2)19-21(4)16(14)17-9)15-18-11(3)20-22(15)12-5-6-25(23,24)8-12/h7,12H,5-6,8H2,1-4H3. The number of hydrogen-bond donors (Lipinski definition) is 0. The molecule has 4 heterocycles. The van der Waals surface area contributed by atoms with Crippen LogP contribution < -0.4 is 0 Å². The summed E-state index contributed by atoms with van der Waals surface area (Å²) in [5.74, 6) is 1.63. The summed E-state index contributed by atoms with van der Waals surface area (Å²) in [6.45, 7) is 5.69. The first-order valence-corrected chi connectivity index (χ1v) is 10.0. The van der Waals surface area contributed by atoms with E-state index in [9.17, 15) is 8.42 Å². The highest BCUT2D eigenvalue weighted by atomic mass is 32.2. The Morgan fingerprint density at radius 2 is 1.92 bits per heavy atom. The van der Waals surface area contributed by atoms with E-state index in [2.05, 4.69) is 20.2 Å². The number of aromatic nitrogens is 6. The molecule has 1 aliphatic rings. The zero-order chi connectivity index (χ0) is 17.9. The van der Waals surface area contributed by atoms with Crippen molar-refractivity contribution in [3.8, 4) is 11.4 Å². The van der Waals surface area contributed by atoms with Gasteiger partial charge in [0.1, 0.15) is 5.82 Å². The molecular formula is C16H20N6O2S. The number of sulfone groups is 1. The SMILES string of the molecule is Cc1cc(-c2nc(C)nn2C2CCS(=O)(=O)C2)c2c(C)nn(C)c2n1. The normalized spacial score (nSPS) is 19.8. The molecule has 9 heteroatoms. The molecule has 1 unspecified atom stereocenters. The van der Waals surface area contributed by atoms with Gasteiger partial charge in [-0.1, -0.05) is 0 Å². The van der Waals surface area contributed by atoms with Crippen LogP contribution in [-0.2, 0) is 16.9 Å². The maximum absolute atomic E-state index is 11.9. The highest BCUT2D eigenvalue weighted by Crippen LogP contribution is 2.33. The van der Waals surface area contributed by atoms with E-state index < -0.39 is 9.84 Å². The molecule has 4 rings (SSSR count). The number of hydrogen-bond acceptors (Lipinski definition) is 6. The number of pyridine rings is 1. The second-order valence-corrected chi connectivity index (χ2v) is 8.93. The predicted molar refractivity (Wildman–Crippen MR) is 94.0 cm³/mol. The molecule has 0 radical (unpaired) electrons. The summed E-state index contributed by atoms with van der Waals surface area (Å²) >= 11 is 0. The number of nitrogens with zero attached hydrogens (tertiary/aromatic N) is 6. The van der Waals surface area contributed by atoms with E-state index >= 15 is 0 Å². The summed E-state index contributed by atoms with van der Waals surface area (Å²) in [5.41, 5.74) is 3.42. The van der Waals surface area contributed by atoms with Gasteiger partial charge in [0.05, 0.1) is 28.6 Å². The summed E-state index contributed by atoms with van der Waals surface area (Å²) in [6.07, 6.45) is 0.567. The molecule has 0 saturated carbocycles. The van der Waals surface area contributed by atoms with Crippen LogP contribution in [0.1, 0.15) is 29.7 Å². The van der Waals surface area contributed by atoms with Crippen LogP contribution in [0.5, 0.6) is 0 Å². The molecule has 3 aromatic rings. The van der Waals surface area contributed by atoms with Gasteiger partial charge in [-0.15, -0.1) is 0 Å². The molecule has 1 aliphatic heterocycles. The first-order valence-electron chi connectivity index (χ1n) is 8.20. The maximum Gasteiger partial charge on any atom is 0.159 e. The van der Waals surface area contributed by atoms with E-state index in [1.54, 1.807) is 9.36 Å². The molecule has 0 bridgehead atoms. The largest absolute Gasteiger partial charge is 0.250 e. The number of fused-ring (bicyclic) bond motifs is 1. The Hall–Kier alpha value is -2.29. The summed E-state index contributed by atoms with van der Waals surface area (Å²) in [5, 5.41) is 9.91. The molecule has 0 amide bonds. The predicted octanol–water partition coefficient (Wildman–Crippen LogP) is 1.51. The highest BCUT2D eigenvalue weighted by Gasteiger charge is 2.32. The van der Waals surface area contributed by atoms with Gasteiger partial charge < -0.3 is 0 Å². The second-order valence-electron chi connectivity index (χ2n) is 6.70. The van der Waals surface area contributed by atoms with E-state index in [1.165, 1.54) is 0 Å². The minimum absolute atomic E-state index is 0.113. The van der Waals surface area contributed by atoms with Crippen molar-refractivity contribution in [1.29, 1.82) is 0 Å². The van der Waals surface area contributed by atoms with Gasteiger partial charge in [-0.05, 0) is 33.3 Å². The Labute approximate surface area is 145 Å². The van der Waals surface area contributed by atoms with Gasteiger partial charge in [-0.25, -0.2) is 23.1 Å². The maximum atomic E-state index is 11.9. The van der Waals surface area contributed by atoms with Crippen molar-refractivity contribution in [3.05, 3.63) is 23.3 Å². The average Bonchev–Trinajstić information content (AvgIpc) is 3.15. The fourth-order valence-electron chi connectivity index (χ4n) is 3.58. The Morgan fingerprint density at radius 3 is 2.60 bits per heavy atom. The Morgan fingerprint density at radius 1 is 1.16 bits per heavy atom. The molecule has 0 aromatic carbocycles. The molecule has 0 N–H and O–H groups in total. The molecular weight excluding hydrogens is 340 g/mol. The van der Waals surface area contributed by atoms with E-state index in [1.807, 2.05) is 33.9 Å². The molecule has 1 fully saturated rings. The average molecular weight is 360 g/mol. The van der Waals surface area contributed by atoms with Crippen molar-refractivity contribution < 1.29 is 8.42 Å². The molecule has 1 saturated heterocycles. The molecule has 0 spiro atoms. The van der Waals surface area contributed by atoms with Crippen molar-refractivity contribution in [2.75, 3.05) is 11.5 Å². The van der Waals surface area contributed by atoms with Gasteiger partial charge in [0.25, 0.3) is 0 Å². The van der Waals surface area contributed by atoms with Crippen molar-refractivity contribution >= 4 is 20.9 Å². The molecule has 0 aliphatic carbocycles. The molecule has 3 aromatic heterocycles. The monoisotopic (exact) mass is 360 g/mol. The molecule has 132 valence electrons. The third kappa shape index (κ3) is 2.62. The third-order valence-corrected chi connectivity index (χ3v) is 6.38. The van der Waals surface area contributed by atoms with Crippen molar-refractivity contribution in [1.82, 2.24) is 29.5 Å². The second kappa shape index (κ2) is 5.35.